The number of rotatable bonds is 4. The minimum atomic E-state index is 0.799. The summed E-state index contributed by atoms with van der Waals surface area (Å²) in [5.74, 6) is 0. The summed E-state index contributed by atoms with van der Waals surface area (Å²) in [6, 6.07) is 16.3. The number of benzene rings is 2. The van der Waals surface area contributed by atoms with Crippen LogP contribution in [-0.4, -0.2) is 14.1 Å². The number of hydrogen-bond donors (Lipinski definition) is 2. The van der Waals surface area contributed by atoms with Crippen molar-refractivity contribution in [2.24, 2.45) is 0 Å². The van der Waals surface area contributed by atoms with Crippen LogP contribution in [0.1, 0.15) is 5.56 Å². The zero-order valence-corrected chi connectivity index (χ0v) is 10.9. The molecular weight excluding hydrogens is 222 g/mol. The maximum atomic E-state index is 5.66. The SMILES string of the molecule is CN(C)c1cccc(NCc2ccc(N)cc2)c1. The second-order valence-electron chi connectivity index (χ2n) is 4.54. The standard InChI is InChI=1S/C15H19N3/c1-18(2)15-5-3-4-14(10-15)17-11-12-6-8-13(16)9-7-12/h3-10,17H,11,16H2,1-2H3. The summed E-state index contributed by atoms with van der Waals surface area (Å²) >= 11 is 0. The summed E-state index contributed by atoms with van der Waals surface area (Å²) in [5, 5.41) is 3.41. The van der Waals surface area contributed by atoms with Crippen molar-refractivity contribution in [2.45, 2.75) is 6.54 Å². The third-order valence-corrected chi connectivity index (χ3v) is 2.84. The predicted octanol–water partition coefficient (Wildman–Crippen LogP) is 2.95. The maximum absolute atomic E-state index is 5.66. The molecular formula is C15H19N3. The molecule has 0 bridgehead atoms. The average Bonchev–Trinajstić information content (AvgIpc) is 2.38. The van der Waals surface area contributed by atoms with Crippen molar-refractivity contribution >= 4 is 17.1 Å². The highest BCUT2D eigenvalue weighted by Gasteiger charge is 1.98. The number of nitrogen functional groups attached to an aromatic ring is 1. The summed E-state index contributed by atoms with van der Waals surface area (Å²) < 4.78 is 0. The van der Waals surface area contributed by atoms with Gasteiger partial charge in [-0.05, 0) is 35.9 Å². The Kier molecular flexibility index (Phi) is 3.72. The number of nitrogens with one attached hydrogen (secondary N) is 1. The first kappa shape index (κ1) is 12.3. The lowest BCUT2D eigenvalue weighted by molar-refractivity contribution is 1.12. The van der Waals surface area contributed by atoms with Crippen molar-refractivity contribution in [1.29, 1.82) is 0 Å². The zero-order chi connectivity index (χ0) is 13.0. The van der Waals surface area contributed by atoms with Crippen LogP contribution in [0.3, 0.4) is 0 Å². The smallest absolute Gasteiger partial charge is 0.0400 e. The highest BCUT2D eigenvalue weighted by Crippen LogP contribution is 2.18. The van der Waals surface area contributed by atoms with Crippen LogP contribution in [0.2, 0.25) is 0 Å². The molecule has 0 saturated heterocycles. The van der Waals surface area contributed by atoms with Gasteiger partial charge in [-0.2, -0.15) is 0 Å². The third kappa shape index (κ3) is 3.17. The highest BCUT2D eigenvalue weighted by molar-refractivity contribution is 5.57. The largest absolute Gasteiger partial charge is 0.399 e. The van der Waals surface area contributed by atoms with Gasteiger partial charge < -0.3 is 16.0 Å². The van der Waals surface area contributed by atoms with E-state index in [0.29, 0.717) is 0 Å². The first-order chi connectivity index (χ1) is 8.65. The summed E-state index contributed by atoms with van der Waals surface area (Å²) in [4.78, 5) is 2.09. The van der Waals surface area contributed by atoms with E-state index in [-0.39, 0.29) is 0 Å². The second-order valence-corrected chi connectivity index (χ2v) is 4.54. The molecule has 18 heavy (non-hydrogen) atoms. The van der Waals surface area contributed by atoms with Crippen LogP contribution in [0.15, 0.2) is 48.5 Å². The van der Waals surface area contributed by atoms with Crippen LogP contribution in [-0.2, 0) is 6.54 Å². The summed E-state index contributed by atoms with van der Waals surface area (Å²) in [6.45, 7) is 0.803. The molecule has 0 fully saturated rings. The Hall–Kier alpha value is -2.16. The van der Waals surface area contributed by atoms with Gasteiger partial charge in [0.15, 0.2) is 0 Å². The Bertz CT molecular complexity index is 503. The van der Waals surface area contributed by atoms with Crippen molar-refractivity contribution in [3.8, 4) is 0 Å². The monoisotopic (exact) mass is 241 g/mol. The van der Waals surface area contributed by atoms with Gasteiger partial charge in [-0.1, -0.05) is 18.2 Å². The molecule has 3 N–H and O–H groups in total. The first-order valence-corrected chi connectivity index (χ1v) is 6.01. The van der Waals surface area contributed by atoms with E-state index in [2.05, 4.69) is 34.5 Å². The molecule has 0 heterocycles. The number of hydrogen-bond acceptors (Lipinski definition) is 3. The molecule has 0 spiro atoms. The fraction of sp³-hybridized carbons (Fsp3) is 0.200. The van der Waals surface area contributed by atoms with E-state index in [4.69, 9.17) is 5.73 Å². The topological polar surface area (TPSA) is 41.3 Å². The molecule has 2 rings (SSSR count). The lowest BCUT2D eigenvalue weighted by Crippen LogP contribution is -2.09. The maximum Gasteiger partial charge on any atom is 0.0400 e. The molecule has 2 aromatic carbocycles. The van der Waals surface area contributed by atoms with Crippen LogP contribution >= 0.6 is 0 Å². The third-order valence-electron chi connectivity index (χ3n) is 2.84. The molecule has 94 valence electrons. The van der Waals surface area contributed by atoms with Crippen LogP contribution in [0, 0.1) is 0 Å². The van der Waals surface area contributed by atoms with Crippen LogP contribution in [0.25, 0.3) is 0 Å². The number of nitrogens with zero attached hydrogens (tertiary/aromatic N) is 1. The number of anilines is 3. The molecule has 0 atom stereocenters. The van der Waals surface area contributed by atoms with Gasteiger partial charge in [-0.3, -0.25) is 0 Å². The molecule has 0 radical (unpaired) electrons. The van der Waals surface area contributed by atoms with E-state index < -0.39 is 0 Å². The van der Waals surface area contributed by atoms with Gasteiger partial charge >= 0.3 is 0 Å². The summed E-state index contributed by atoms with van der Waals surface area (Å²) in [5.41, 5.74) is 10.00. The summed E-state index contributed by atoms with van der Waals surface area (Å²) in [7, 11) is 4.08. The molecule has 0 aromatic heterocycles. The zero-order valence-electron chi connectivity index (χ0n) is 10.9. The Balaban J connectivity index is 2.01. The lowest BCUT2D eigenvalue weighted by Gasteiger charge is -2.14. The van der Waals surface area contributed by atoms with Gasteiger partial charge in [0, 0.05) is 37.7 Å². The molecule has 0 saturated carbocycles. The molecule has 2 aromatic rings. The quantitative estimate of drug-likeness (QED) is 0.809. The fourth-order valence-electron chi connectivity index (χ4n) is 1.73. The molecule has 0 unspecified atom stereocenters. The first-order valence-electron chi connectivity index (χ1n) is 6.01. The molecule has 0 amide bonds. The van der Waals surface area contributed by atoms with E-state index in [1.807, 2.05) is 38.4 Å². The van der Waals surface area contributed by atoms with Crippen LogP contribution in [0.5, 0.6) is 0 Å². The van der Waals surface area contributed by atoms with Gasteiger partial charge in [0.25, 0.3) is 0 Å². The highest BCUT2D eigenvalue weighted by atomic mass is 15.1. The Morgan fingerprint density at radius 3 is 2.44 bits per heavy atom. The van der Waals surface area contributed by atoms with E-state index in [0.717, 1.165) is 17.9 Å². The molecule has 0 aliphatic rings. The van der Waals surface area contributed by atoms with Crippen molar-refractivity contribution in [1.82, 2.24) is 0 Å². The van der Waals surface area contributed by atoms with Gasteiger partial charge in [-0.25, -0.2) is 0 Å². The van der Waals surface area contributed by atoms with Crippen LogP contribution < -0.4 is 16.0 Å². The average molecular weight is 241 g/mol. The van der Waals surface area contributed by atoms with E-state index >= 15 is 0 Å². The number of nitrogens with two attached hydrogens (primary N) is 1. The molecule has 3 nitrogen and oxygen atoms in total. The van der Waals surface area contributed by atoms with E-state index in [1.165, 1.54) is 11.3 Å². The van der Waals surface area contributed by atoms with Gasteiger partial charge in [0.05, 0.1) is 0 Å². The second kappa shape index (κ2) is 5.45. The van der Waals surface area contributed by atoms with Gasteiger partial charge in [0.2, 0.25) is 0 Å². The normalized spacial score (nSPS) is 10.1. The molecule has 0 aliphatic carbocycles. The Labute approximate surface area is 108 Å². The van der Waals surface area contributed by atoms with Crippen molar-refractivity contribution < 1.29 is 0 Å². The van der Waals surface area contributed by atoms with Crippen molar-refractivity contribution in [3.63, 3.8) is 0 Å². The minimum Gasteiger partial charge on any atom is -0.399 e. The van der Waals surface area contributed by atoms with Crippen LogP contribution in [0.4, 0.5) is 17.1 Å². The van der Waals surface area contributed by atoms with Gasteiger partial charge in [-0.15, -0.1) is 0 Å². The Morgan fingerprint density at radius 1 is 1.06 bits per heavy atom. The lowest BCUT2D eigenvalue weighted by atomic mass is 10.2. The van der Waals surface area contributed by atoms with Crippen molar-refractivity contribution in [3.05, 3.63) is 54.1 Å². The van der Waals surface area contributed by atoms with Gasteiger partial charge in [0.1, 0.15) is 0 Å². The molecule has 3 heteroatoms. The van der Waals surface area contributed by atoms with E-state index in [1.54, 1.807) is 0 Å². The predicted molar refractivity (Wildman–Crippen MR) is 79.0 cm³/mol. The summed E-state index contributed by atoms with van der Waals surface area (Å²) in [6.07, 6.45) is 0. The van der Waals surface area contributed by atoms with E-state index in [9.17, 15) is 0 Å². The fourth-order valence-corrected chi connectivity index (χ4v) is 1.73. The minimum absolute atomic E-state index is 0.799. The Morgan fingerprint density at radius 2 is 1.78 bits per heavy atom. The van der Waals surface area contributed by atoms with Crippen molar-refractivity contribution in [2.75, 3.05) is 30.0 Å². The molecule has 0 aliphatic heterocycles.